The Hall–Kier alpha value is -2.70. The first-order chi connectivity index (χ1) is 14.8. The van der Waals surface area contributed by atoms with Crippen LogP contribution in [0.3, 0.4) is 0 Å². The normalized spacial score (nSPS) is 28.6. The maximum absolute atomic E-state index is 11.3. The Balaban J connectivity index is 1.77. The molecule has 1 atom stereocenters. The zero-order valence-electron chi connectivity index (χ0n) is 18.6. The van der Waals surface area contributed by atoms with Crippen molar-refractivity contribution >= 4 is 16.6 Å². The van der Waals surface area contributed by atoms with Gasteiger partial charge in [0.2, 0.25) is 0 Å². The number of nitro benzene ring substituents is 1. The number of nitro groups is 1. The predicted molar refractivity (Wildman–Crippen MR) is 124 cm³/mol. The Morgan fingerprint density at radius 3 is 2.58 bits per heavy atom. The zero-order chi connectivity index (χ0) is 22.4. The Labute approximate surface area is 183 Å². The lowest BCUT2D eigenvalue weighted by Crippen LogP contribution is -2.53. The number of hydrogen-bond donors (Lipinski definition) is 1. The van der Waals surface area contributed by atoms with Gasteiger partial charge < -0.3 is 9.72 Å². The van der Waals surface area contributed by atoms with Crippen LogP contribution in [0.4, 0.5) is 5.69 Å². The minimum absolute atomic E-state index is 0.0558. The second-order valence-electron chi connectivity index (χ2n) is 9.08. The van der Waals surface area contributed by atoms with Gasteiger partial charge in [0, 0.05) is 35.0 Å². The molecule has 2 heterocycles. The van der Waals surface area contributed by atoms with Crippen molar-refractivity contribution in [1.29, 1.82) is 0 Å². The summed E-state index contributed by atoms with van der Waals surface area (Å²) < 4.78 is 6.65. The van der Waals surface area contributed by atoms with Crippen molar-refractivity contribution in [3.63, 3.8) is 0 Å². The van der Waals surface area contributed by atoms with E-state index in [1.165, 1.54) is 11.1 Å². The largest absolute Gasteiger partial charge is 0.365 e. The van der Waals surface area contributed by atoms with Crippen LogP contribution in [0.1, 0.15) is 43.9 Å². The number of likely N-dealkylation sites (N-methyl/N-ethyl adjacent to an activating group) is 1. The molecule has 1 saturated carbocycles. The topological polar surface area (TPSA) is 71.4 Å². The SMILES string of the molecule is C=C/C=C(\C=C)C1(N(C)C)CCC2(CC1)OC(C)Cc1c2[nH]c2ccc([N+](=O)[O-])cc12. The second kappa shape index (κ2) is 7.77. The molecule has 0 amide bonds. The van der Waals surface area contributed by atoms with Crippen molar-refractivity contribution < 1.29 is 9.66 Å². The van der Waals surface area contributed by atoms with Gasteiger partial charge in [0.15, 0.2) is 0 Å². The second-order valence-corrected chi connectivity index (χ2v) is 9.08. The lowest BCUT2D eigenvalue weighted by Gasteiger charge is -2.52. The monoisotopic (exact) mass is 421 g/mol. The molecule has 1 unspecified atom stereocenters. The fraction of sp³-hybridized carbons (Fsp3) is 0.440. The van der Waals surface area contributed by atoms with E-state index >= 15 is 0 Å². The van der Waals surface area contributed by atoms with Crippen molar-refractivity contribution in [2.24, 2.45) is 0 Å². The fourth-order valence-corrected chi connectivity index (χ4v) is 5.69. The van der Waals surface area contributed by atoms with E-state index in [0.29, 0.717) is 0 Å². The van der Waals surface area contributed by atoms with Gasteiger partial charge in [-0.15, -0.1) is 0 Å². The number of H-pyrrole nitrogens is 1. The van der Waals surface area contributed by atoms with Crippen LogP contribution in [0.15, 0.2) is 55.2 Å². The molecule has 31 heavy (non-hydrogen) atoms. The molecule has 4 rings (SSSR count). The van der Waals surface area contributed by atoms with Gasteiger partial charge in [0.1, 0.15) is 5.60 Å². The summed E-state index contributed by atoms with van der Waals surface area (Å²) in [7, 11) is 4.24. The van der Waals surface area contributed by atoms with E-state index in [2.05, 4.69) is 50.1 Å². The molecule has 1 fully saturated rings. The van der Waals surface area contributed by atoms with Crippen molar-refractivity contribution in [3.8, 4) is 0 Å². The minimum Gasteiger partial charge on any atom is -0.365 e. The van der Waals surface area contributed by atoms with Crippen LogP contribution in [0.2, 0.25) is 0 Å². The molecule has 1 aliphatic heterocycles. The summed E-state index contributed by atoms with van der Waals surface area (Å²) in [5, 5.41) is 12.3. The summed E-state index contributed by atoms with van der Waals surface area (Å²) >= 11 is 0. The number of allylic oxidation sites excluding steroid dienone is 2. The smallest absolute Gasteiger partial charge is 0.270 e. The van der Waals surface area contributed by atoms with Gasteiger partial charge in [0.25, 0.3) is 5.69 Å². The van der Waals surface area contributed by atoms with Crippen LogP contribution in [-0.4, -0.2) is 40.5 Å². The lowest BCUT2D eigenvalue weighted by atomic mass is 9.67. The Morgan fingerprint density at radius 1 is 1.29 bits per heavy atom. The average molecular weight is 422 g/mol. The van der Waals surface area contributed by atoms with Gasteiger partial charge in [-0.25, -0.2) is 0 Å². The highest BCUT2D eigenvalue weighted by molar-refractivity contribution is 5.87. The van der Waals surface area contributed by atoms with E-state index in [0.717, 1.165) is 48.7 Å². The summed E-state index contributed by atoms with van der Waals surface area (Å²) in [4.78, 5) is 16.9. The van der Waals surface area contributed by atoms with Crippen molar-refractivity contribution in [2.45, 2.75) is 56.3 Å². The van der Waals surface area contributed by atoms with Crippen LogP contribution in [0.5, 0.6) is 0 Å². The third-order valence-corrected chi connectivity index (χ3v) is 7.27. The molecule has 6 nitrogen and oxygen atoms in total. The third kappa shape index (κ3) is 3.34. The highest BCUT2D eigenvalue weighted by Gasteiger charge is 2.50. The predicted octanol–water partition coefficient (Wildman–Crippen LogP) is 5.41. The molecule has 2 aliphatic rings. The van der Waals surface area contributed by atoms with Gasteiger partial charge in [-0.2, -0.15) is 0 Å². The van der Waals surface area contributed by atoms with E-state index in [1.54, 1.807) is 12.1 Å². The lowest BCUT2D eigenvalue weighted by molar-refractivity contribution is -0.384. The molecule has 1 aromatic carbocycles. The number of hydrogen-bond acceptors (Lipinski definition) is 4. The first kappa shape index (κ1) is 21.5. The number of aromatic amines is 1. The molecular weight excluding hydrogens is 390 g/mol. The van der Waals surface area contributed by atoms with Gasteiger partial charge in [-0.05, 0) is 63.9 Å². The molecule has 1 spiro atoms. The highest BCUT2D eigenvalue weighted by Crippen LogP contribution is 2.52. The number of ether oxygens (including phenoxy) is 1. The van der Waals surface area contributed by atoms with E-state index in [-0.39, 0.29) is 22.3 Å². The maximum Gasteiger partial charge on any atom is 0.270 e. The van der Waals surface area contributed by atoms with E-state index in [4.69, 9.17) is 4.74 Å². The summed E-state index contributed by atoms with van der Waals surface area (Å²) in [6.45, 7) is 10.0. The highest BCUT2D eigenvalue weighted by atomic mass is 16.6. The van der Waals surface area contributed by atoms with Crippen molar-refractivity contribution in [2.75, 3.05) is 14.1 Å². The number of aromatic nitrogens is 1. The van der Waals surface area contributed by atoms with Crippen LogP contribution in [0, 0.1) is 10.1 Å². The number of benzene rings is 1. The fourth-order valence-electron chi connectivity index (χ4n) is 5.69. The summed E-state index contributed by atoms with van der Waals surface area (Å²) in [6.07, 6.45) is 10.2. The Bertz CT molecular complexity index is 1070. The summed E-state index contributed by atoms with van der Waals surface area (Å²) in [5.41, 5.74) is 4.00. The van der Waals surface area contributed by atoms with E-state index < -0.39 is 5.60 Å². The number of fused-ring (bicyclic) bond motifs is 4. The molecule has 0 bridgehead atoms. The van der Waals surface area contributed by atoms with Gasteiger partial charge in [0.05, 0.1) is 16.7 Å². The molecule has 1 N–H and O–H groups in total. The van der Waals surface area contributed by atoms with Crippen LogP contribution < -0.4 is 0 Å². The Morgan fingerprint density at radius 2 is 2.00 bits per heavy atom. The Kier molecular flexibility index (Phi) is 5.40. The van der Waals surface area contributed by atoms with Crippen molar-refractivity contribution in [1.82, 2.24) is 9.88 Å². The molecule has 0 radical (unpaired) electrons. The van der Waals surface area contributed by atoms with Crippen LogP contribution >= 0.6 is 0 Å². The van der Waals surface area contributed by atoms with Crippen molar-refractivity contribution in [3.05, 3.63) is 76.5 Å². The molecule has 2 aromatic rings. The van der Waals surface area contributed by atoms with Gasteiger partial charge >= 0.3 is 0 Å². The summed E-state index contributed by atoms with van der Waals surface area (Å²) in [6, 6.07) is 5.08. The van der Waals surface area contributed by atoms with Crippen LogP contribution in [-0.2, 0) is 16.8 Å². The number of non-ortho nitro benzene ring substituents is 1. The number of nitrogens with zero attached hydrogens (tertiary/aromatic N) is 2. The average Bonchev–Trinajstić information content (AvgIpc) is 3.11. The molecule has 164 valence electrons. The number of rotatable bonds is 5. The van der Waals surface area contributed by atoms with Crippen LogP contribution in [0.25, 0.3) is 10.9 Å². The zero-order valence-corrected chi connectivity index (χ0v) is 18.6. The van der Waals surface area contributed by atoms with E-state index in [9.17, 15) is 10.1 Å². The first-order valence-corrected chi connectivity index (χ1v) is 10.9. The van der Waals surface area contributed by atoms with Gasteiger partial charge in [-0.1, -0.05) is 31.4 Å². The molecule has 1 aromatic heterocycles. The third-order valence-electron chi connectivity index (χ3n) is 7.27. The molecule has 1 aliphatic carbocycles. The standard InChI is InChI=1S/C25H31N3O3/c1-6-8-18(7-2)24(27(4)5)11-13-25(14-12-24)23-21(15-17(3)31-25)20-16-19(28(29)30)9-10-22(20)26-23/h6-10,16-17,26H,1-2,11-15H2,3-5H3/b18-8+. The first-order valence-electron chi connectivity index (χ1n) is 10.9. The molecule has 6 heteroatoms. The molecule has 0 saturated heterocycles. The summed E-state index contributed by atoms with van der Waals surface area (Å²) in [5.74, 6) is 0. The van der Waals surface area contributed by atoms with Gasteiger partial charge in [-0.3, -0.25) is 15.0 Å². The van der Waals surface area contributed by atoms with E-state index in [1.807, 2.05) is 18.2 Å². The molecular formula is C25H31N3O3. The number of nitrogens with one attached hydrogen (secondary N) is 1. The quantitative estimate of drug-likeness (QED) is 0.398. The minimum atomic E-state index is -0.402. The maximum atomic E-state index is 11.3.